The second kappa shape index (κ2) is 5.82. The lowest BCUT2D eigenvalue weighted by atomic mass is 10.1. The molecule has 2 rings (SSSR count). The summed E-state index contributed by atoms with van der Waals surface area (Å²) in [6, 6.07) is 1.91. The fourth-order valence-electron chi connectivity index (χ4n) is 1.89. The molecular formula is C12H19N3O2. The Labute approximate surface area is 101 Å². The molecule has 1 aromatic heterocycles. The topological polar surface area (TPSA) is 67.0 Å². The monoisotopic (exact) mass is 237 g/mol. The third kappa shape index (κ3) is 3.30. The second-order valence-electron chi connectivity index (χ2n) is 4.43. The number of carbonyl (C=O) groups excluding carboxylic acids is 1. The summed E-state index contributed by atoms with van der Waals surface area (Å²) in [6.07, 6.45) is 4.07. The molecule has 94 valence electrons. The first-order chi connectivity index (χ1) is 8.29. The number of anilines is 1. The van der Waals surface area contributed by atoms with E-state index in [2.05, 4.69) is 22.4 Å². The highest BCUT2D eigenvalue weighted by molar-refractivity contribution is 5.91. The van der Waals surface area contributed by atoms with Crippen LogP contribution >= 0.6 is 0 Å². The van der Waals surface area contributed by atoms with Crippen molar-refractivity contribution in [1.29, 1.82) is 0 Å². The van der Waals surface area contributed by atoms with Crippen molar-refractivity contribution in [2.75, 3.05) is 18.5 Å². The highest BCUT2D eigenvalue weighted by Gasteiger charge is 2.23. The smallest absolute Gasteiger partial charge is 0.231 e. The standard InChI is InChI=1S/C12H19N3O2/c1-2-3-4-10-7-11(15-14-10)13-12(16)9-5-6-17-8-9/h7,9H,2-6,8H2,1H3,(H2,13,14,15,16)/t9-/m0/s1. The Balaban J connectivity index is 1.85. The Bertz CT molecular complexity index is 370. The van der Waals surface area contributed by atoms with Crippen LogP contribution in [0.5, 0.6) is 0 Å². The van der Waals surface area contributed by atoms with Gasteiger partial charge in [0.1, 0.15) is 0 Å². The molecule has 5 heteroatoms. The van der Waals surface area contributed by atoms with Gasteiger partial charge < -0.3 is 10.1 Å². The van der Waals surface area contributed by atoms with E-state index in [0.717, 1.165) is 31.4 Å². The third-order valence-corrected chi connectivity index (χ3v) is 2.98. The molecule has 0 saturated carbocycles. The first-order valence-corrected chi connectivity index (χ1v) is 6.22. The van der Waals surface area contributed by atoms with Gasteiger partial charge in [-0.25, -0.2) is 0 Å². The van der Waals surface area contributed by atoms with Crippen molar-refractivity contribution in [3.05, 3.63) is 11.8 Å². The fourth-order valence-corrected chi connectivity index (χ4v) is 1.89. The molecule has 1 aliphatic rings. The van der Waals surface area contributed by atoms with Gasteiger partial charge in [0.15, 0.2) is 5.82 Å². The molecule has 2 heterocycles. The van der Waals surface area contributed by atoms with Crippen LogP contribution < -0.4 is 5.32 Å². The van der Waals surface area contributed by atoms with E-state index >= 15 is 0 Å². The van der Waals surface area contributed by atoms with Gasteiger partial charge in [-0.1, -0.05) is 13.3 Å². The van der Waals surface area contributed by atoms with E-state index in [9.17, 15) is 4.79 Å². The van der Waals surface area contributed by atoms with Crippen molar-refractivity contribution in [1.82, 2.24) is 10.2 Å². The van der Waals surface area contributed by atoms with Crippen molar-refractivity contribution in [3.8, 4) is 0 Å². The highest BCUT2D eigenvalue weighted by atomic mass is 16.5. The Kier molecular flexibility index (Phi) is 4.14. The molecule has 1 aromatic rings. The zero-order chi connectivity index (χ0) is 12.1. The van der Waals surface area contributed by atoms with Gasteiger partial charge in [0, 0.05) is 18.4 Å². The van der Waals surface area contributed by atoms with E-state index in [1.165, 1.54) is 0 Å². The molecule has 1 atom stereocenters. The van der Waals surface area contributed by atoms with Crippen molar-refractivity contribution in [3.63, 3.8) is 0 Å². The van der Waals surface area contributed by atoms with Gasteiger partial charge in [-0.15, -0.1) is 0 Å². The number of unbranched alkanes of at least 4 members (excludes halogenated alkanes) is 1. The van der Waals surface area contributed by atoms with Crippen molar-refractivity contribution in [2.24, 2.45) is 5.92 Å². The number of amides is 1. The molecule has 1 aliphatic heterocycles. The van der Waals surface area contributed by atoms with E-state index in [4.69, 9.17) is 4.74 Å². The summed E-state index contributed by atoms with van der Waals surface area (Å²) >= 11 is 0. The predicted molar refractivity (Wildman–Crippen MR) is 64.8 cm³/mol. The zero-order valence-electron chi connectivity index (χ0n) is 10.2. The van der Waals surface area contributed by atoms with Crippen LogP contribution in [0.4, 0.5) is 5.82 Å². The molecular weight excluding hydrogens is 218 g/mol. The molecule has 1 amide bonds. The fraction of sp³-hybridized carbons (Fsp3) is 0.667. The Morgan fingerprint density at radius 1 is 1.71 bits per heavy atom. The maximum Gasteiger partial charge on any atom is 0.231 e. The average molecular weight is 237 g/mol. The number of rotatable bonds is 5. The number of hydrogen-bond acceptors (Lipinski definition) is 3. The number of nitrogens with one attached hydrogen (secondary N) is 2. The number of ether oxygens (including phenoxy) is 1. The Morgan fingerprint density at radius 3 is 3.29 bits per heavy atom. The molecule has 5 nitrogen and oxygen atoms in total. The summed E-state index contributed by atoms with van der Waals surface area (Å²) in [4.78, 5) is 11.8. The Hall–Kier alpha value is -1.36. The minimum atomic E-state index is -0.0224. The lowest BCUT2D eigenvalue weighted by molar-refractivity contribution is -0.119. The summed E-state index contributed by atoms with van der Waals surface area (Å²) in [5.74, 6) is 0.606. The molecule has 0 aromatic carbocycles. The average Bonchev–Trinajstić information content (AvgIpc) is 2.97. The quantitative estimate of drug-likeness (QED) is 0.819. The second-order valence-corrected chi connectivity index (χ2v) is 4.43. The molecule has 1 fully saturated rings. The number of aryl methyl sites for hydroxylation is 1. The van der Waals surface area contributed by atoms with E-state index in [-0.39, 0.29) is 11.8 Å². The van der Waals surface area contributed by atoms with Crippen LogP contribution in [0.15, 0.2) is 6.07 Å². The first kappa shape index (κ1) is 12.1. The predicted octanol–water partition coefficient (Wildman–Crippen LogP) is 1.73. The number of carbonyl (C=O) groups is 1. The SMILES string of the molecule is CCCCc1cc(NC(=O)[C@H]2CCOC2)n[nH]1. The zero-order valence-corrected chi connectivity index (χ0v) is 10.2. The van der Waals surface area contributed by atoms with Crippen LogP contribution in [-0.4, -0.2) is 29.3 Å². The molecule has 0 unspecified atom stereocenters. The summed E-state index contributed by atoms with van der Waals surface area (Å²) < 4.78 is 5.19. The number of aromatic amines is 1. The molecule has 0 spiro atoms. The van der Waals surface area contributed by atoms with Gasteiger partial charge in [-0.3, -0.25) is 9.89 Å². The van der Waals surface area contributed by atoms with Crippen molar-refractivity contribution in [2.45, 2.75) is 32.6 Å². The lowest BCUT2D eigenvalue weighted by Gasteiger charge is -2.05. The number of H-pyrrole nitrogens is 1. The van der Waals surface area contributed by atoms with Gasteiger partial charge in [-0.05, 0) is 19.3 Å². The minimum Gasteiger partial charge on any atom is -0.381 e. The number of nitrogens with zero attached hydrogens (tertiary/aromatic N) is 1. The first-order valence-electron chi connectivity index (χ1n) is 6.22. The van der Waals surface area contributed by atoms with Crippen LogP contribution in [0, 0.1) is 5.92 Å². The van der Waals surface area contributed by atoms with Crippen molar-refractivity contribution < 1.29 is 9.53 Å². The summed E-state index contributed by atoms with van der Waals surface area (Å²) in [5, 5.41) is 9.84. The molecule has 0 radical (unpaired) electrons. The summed E-state index contributed by atoms with van der Waals surface area (Å²) in [5.41, 5.74) is 1.07. The summed E-state index contributed by atoms with van der Waals surface area (Å²) in [7, 11) is 0. The molecule has 0 bridgehead atoms. The third-order valence-electron chi connectivity index (χ3n) is 2.98. The van der Waals surface area contributed by atoms with Crippen LogP contribution in [0.3, 0.4) is 0 Å². The minimum absolute atomic E-state index is 0.0102. The molecule has 2 N–H and O–H groups in total. The normalized spacial score (nSPS) is 19.5. The van der Waals surface area contributed by atoms with E-state index in [0.29, 0.717) is 19.0 Å². The van der Waals surface area contributed by atoms with Crippen molar-refractivity contribution >= 4 is 11.7 Å². The van der Waals surface area contributed by atoms with Gasteiger partial charge in [0.05, 0.1) is 12.5 Å². The van der Waals surface area contributed by atoms with E-state index < -0.39 is 0 Å². The van der Waals surface area contributed by atoms with Gasteiger partial charge in [-0.2, -0.15) is 5.10 Å². The van der Waals surface area contributed by atoms with Gasteiger partial charge in [0.2, 0.25) is 5.91 Å². The van der Waals surface area contributed by atoms with Gasteiger partial charge >= 0.3 is 0 Å². The summed E-state index contributed by atoms with van der Waals surface area (Å²) in [6.45, 7) is 3.36. The number of hydrogen-bond donors (Lipinski definition) is 2. The highest BCUT2D eigenvalue weighted by Crippen LogP contribution is 2.15. The van der Waals surface area contributed by atoms with E-state index in [1.54, 1.807) is 0 Å². The van der Waals surface area contributed by atoms with E-state index in [1.807, 2.05) is 6.07 Å². The molecule has 0 aliphatic carbocycles. The lowest BCUT2D eigenvalue weighted by Crippen LogP contribution is -2.22. The molecule has 17 heavy (non-hydrogen) atoms. The maximum absolute atomic E-state index is 11.8. The molecule has 1 saturated heterocycles. The van der Waals surface area contributed by atoms with Crippen LogP contribution in [0.25, 0.3) is 0 Å². The van der Waals surface area contributed by atoms with Gasteiger partial charge in [0.25, 0.3) is 0 Å². The number of aromatic nitrogens is 2. The largest absolute Gasteiger partial charge is 0.381 e. The Morgan fingerprint density at radius 2 is 2.59 bits per heavy atom. The van der Waals surface area contributed by atoms with Crippen LogP contribution in [0.1, 0.15) is 31.9 Å². The van der Waals surface area contributed by atoms with Crippen LogP contribution in [-0.2, 0) is 16.0 Å². The van der Waals surface area contributed by atoms with Crippen LogP contribution in [0.2, 0.25) is 0 Å². The maximum atomic E-state index is 11.8.